The standard InChI is InChI=1S/C15H15NO/c1-12-7-6-8-13(2)15(12)11-16(17)14-9-4-3-5-10-14/h3-11H,1-2H3/b16-11-. The Bertz CT molecular complexity index is 524. The van der Waals surface area contributed by atoms with Gasteiger partial charge >= 0.3 is 0 Å². The van der Waals surface area contributed by atoms with Crippen LogP contribution in [0, 0.1) is 19.1 Å². The van der Waals surface area contributed by atoms with Crippen LogP contribution in [-0.2, 0) is 0 Å². The first-order valence-electron chi connectivity index (χ1n) is 5.61. The molecule has 2 heteroatoms. The summed E-state index contributed by atoms with van der Waals surface area (Å²) in [5.41, 5.74) is 3.87. The molecule has 2 rings (SSSR count). The molecule has 0 saturated heterocycles. The smallest absolute Gasteiger partial charge is 0.216 e. The van der Waals surface area contributed by atoms with Gasteiger partial charge in [-0.2, -0.15) is 4.74 Å². The van der Waals surface area contributed by atoms with Crippen molar-refractivity contribution >= 4 is 11.9 Å². The molecule has 0 saturated carbocycles. The van der Waals surface area contributed by atoms with Gasteiger partial charge in [-0.1, -0.05) is 36.4 Å². The fourth-order valence-corrected chi connectivity index (χ4v) is 1.80. The largest absolute Gasteiger partial charge is 0.618 e. The van der Waals surface area contributed by atoms with Crippen LogP contribution in [0.1, 0.15) is 16.7 Å². The second kappa shape index (κ2) is 4.83. The number of benzene rings is 2. The molecule has 0 fully saturated rings. The maximum absolute atomic E-state index is 12.0. The molecule has 0 N–H and O–H groups in total. The van der Waals surface area contributed by atoms with Gasteiger partial charge in [0.2, 0.25) is 5.69 Å². The van der Waals surface area contributed by atoms with Gasteiger partial charge in [0.15, 0.2) is 6.21 Å². The number of hydrogen-bond acceptors (Lipinski definition) is 1. The van der Waals surface area contributed by atoms with Crippen molar-refractivity contribution in [1.82, 2.24) is 0 Å². The molecule has 0 unspecified atom stereocenters. The molecule has 0 amide bonds. The topological polar surface area (TPSA) is 26.1 Å². The lowest BCUT2D eigenvalue weighted by molar-refractivity contribution is -0.354. The van der Waals surface area contributed by atoms with Crippen molar-refractivity contribution in [3.63, 3.8) is 0 Å². The summed E-state index contributed by atoms with van der Waals surface area (Å²) in [6.07, 6.45) is 1.64. The Hall–Kier alpha value is -2.09. The Labute approximate surface area is 101 Å². The molecule has 0 aliphatic heterocycles. The molecule has 0 aliphatic rings. The Morgan fingerprint density at radius 2 is 1.47 bits per heavy atom. The zero-order valence-electron chi connectivity index (χ0n) is 10.1. The highest BCUT2D eigenvalue weighted by Crippen LogP contribution is 2.13. The first kappa shape index (κ1) is 11.4. The molecule has 0 bridgehead atoms. The molecule has 0 radical (unpaired) electrons. The molecule has 0 aromatic heterocycles. The first-order valence-corrected chi connectivity index (χ1v) is 5.61. The summed E-state index contributed by atoms with van der Waals surface area (Å²) in [6, 6.07) is 15.2. The monoisotopic (exact) mass is 225 g/mol. The summed E-state index contributed by atoms with van der Waals surface area (Å²) in [4.78, 5) is 0. The summed E-state index contributed by atoms with van der Waals surface area (Å²) in [6.45, 7) is 4.02. The zero-order valence-corrected chi connectivity index (χ0v) is 10.1. The van der Waals surface area contributed by atoms with Gasteiger partial charge in [0.25, 0.3) is 0 Å². The van der Waals surface area contributed by atoms with Gasteiger partial charge in [-0.25, -0.2) is 0 Å². The van der Waals surface area contributed by atoms with Crippen LogP contribution in [0.2, 0.25) is 0 Å². The number of aryl methyl sites for hydroxylation is 2. The van der Waals surface area contributed by atoms with Crippen LogP contribution in [0.5, 0.6) is 0 Å². The Kier molecular flexibility index (Phi) is 3.24. The average molecular weight is 225 g/mol. The van der Waals surface area contributed by atoms with Crippen molar-refractivity contribution in [2.75, 3.05) is 0 Å². The van der Waals surface area contributed by atoms with Crippen LogP contribution < -0.4 is 0 Å². The molecule has 86 valence electrons. The van der Waals surface area contributed by atoms with E-state index in [9.17, 15) is 5.21 Å². The van der Waals surface area contributed by atoms with Crippen LogP contribution in [0.25, 0.3) is 0 Å². The van der Waals surface area contributed by atoms with Crippen molar-refractivity contribution in [2.45, 2.75) is 13.8 Å². The predicted octanol–water partition coefficient (Wildman–Crippen LogP) is 3.56. The van der Waals surface area contributed by atoms with E-state index in [4.69, 9.17) is 0 Å². The normalized spacial score (nSPS) is 11.5. The van der Waals surface area contributed by atoms with E-state index in [1.807, 2.05) is 50.2 Å². The van der Waals surface area contributed by atoms with Gasteiger partial charge in [-0.05, 0) is 25.0 Å². The lowest BCUT2D eigenvalue weighted by Gasteiger charge is -2.06. The van der Waals surface area contributed by atoms with E-state index in [0.29, 0.717) is 5.69 Å². The predicted molar refractivity (Wildman–Crippen MR) is 70.8 cm³/mol. The van der Waals surface area contributed by atoms with Gasteiger partial charge in [-0.3, -0.25) is 0 Å². The fourth-order valence-electron chi connectivity index (χ4n) is 1.80. The molecule has 17 heavy (non-hydrogen) atoms. The average Bonchev–Trinajstić information content (AvgIpc) is 2.35. The van der Waals surface area contributed by atoms with Crippen molar-refractivity contribution < 1.29 is 4.74 Å². The molecular weight excluding hydrogens is 210 g/mol. The van der Waals surface area contributed by atoms with E-state index in [1.54, 1.807) is 18.3 Å². The number of hydrogen-bond donors (Lipinski definition) is 0. The maximum Gasteiger partial charge on any atom is 0.216 e. The van der Waals surface area contributed by atoms with Crippen LogP contribution >= 0.6 is 0 Å². The van der Waals surface area contributed by atoms with Gasteiger partial charge in [0.05, 0.1) is 0 Å². The molecule has 0 atom stereocenters. The minimum atomic E-state index is 0.648. The van der Waals surface area contributed by atoms with Gasteiger partial charge in [-0.15, -0.1) is 0 Å². The Morgan fingerprint density at radius 3 is 2.06 bits per heavy atom. The van der Waals surface area contributed by atoms with E-state index in [2.05, 4.69) is 0 Å². The Morgan fingerprint density at radius 1 is 0.882 bits per heavy atom. The SMILES string of the molecule is Cc1cccc(C)c1/C=[N+](\[O-])c1ccccc1. The van der Waals surface area contributed by atoms with Crippen molar-refractivity contribution in [3.05, 3.63) is 70.4 Å². The lowest BCUT2D eigenvalue weighted by atomic mass is 10.0. The van der Waals surface area contributed by atoms with E-state index in [-0.39, 0.29) is 0 Å². The third kappa shape index (κ3) is 2.53. The molecule has 0 spiro atoms. The molecule has 2 aromatic carbocycles. The van der Waals surface area contributed by atoms with Crippen molar-refractivity contribution in [3.8, 4) is 0 Å². The Balaban J connectivity index is 2.43. The van der Waals surface area contributed by atoms with E-state index < -0.39 is 0 Å². The maximum atomic E-state index is 12.0. The quantitative estimate of drug-likeness (QED) is 0.332. The molecular formula is C15H15NO. The van der Waals surface area contributed by atoms with Crippen LogP contribution in [0.4, 0.5) is 5.69 Å². The zero-order chi connectivity index (χ0) is 12.3. The first-order chi connectivity index (χ1) is 8.18. The molecule has 0 aliphatic carbocycles. The third-order valence-corrected chi connectivity index (χ3v) is 2.80. The summed E-state index contributed by atoms with van der Waals surface area (Å²) < 4.78 is 0.912. The lowest BCUT2D eigenvalue weighted by Crippen LogP contribution is -2.02. The van der Waals surface area contributed by atoms with Crippen molar-refractivity contribution in [1.29, 1.82) is 0 Å². The van der Waals surface area contributed by atoms with E-state index in [1.165, 1.54) is 0 Å². The third-order valence-electron chi connectivity index (χ3n) is 2.80. The van der Waals surface area contributed by atoms with Crippen LogP contribution in [0.15, 0.2) is 48.5 Å². The highest BCUT2D eigenvalue weighted by Gasteiger charge is 2.05. The summed E-state index contributed by atoms with van der Waals surface area (Å²) in [5.74, 6) is 0. The second-order valence-electron chi connectivity index (χ2n) is 4.10. The highest BCUT2D eigenvalue weighted by atomic mass is 16.5. The van der Waals surface area contributed by atoms with Gasteiger partial charge in [0, 0.05) is 17.7 Å². The summed E-state index contributed by atoms with van der Waals surface area (Å²) in [5, 5.41) is 12.0. The number of para-hydroxylation sites is 1. The molecule has 0 heterocycles. The minimum Gasteiger partial charge on any atom is -0.618 e. The summed E-state index contributed by atoms with van der Waals surface area (Å²) >= 11 is 0. The van der Waals surface area contributed by atoms with Crippen LogP contribution in [0.3, 0.4) is 0 Å². The minimum absolute atomic E-state index is 0.648. The number of rotatable bonds is 2. The molecule has 2 nitrogen and oxygen atoms in total. The summed E-state index contributed by atoms with van der Waals surface area (Å²) in [7, 11) is 0. The van der Waals surface area contributed by atoms with E-state index in [0.717, 1.165) is 21.4 Å². The number of nitrogens with zero attached hydrogens (tertiary/aromatic N) is 1. The van der Waals surface area contributed by atoms with Gasteiger partial charge in [0.1, 0.15) is 0 Å². The van der Waals surface area contributed by atoms with Crippen molar-refractivity contribution in [2.24, 2.45) is 0 Å². The molecule has 2 aromatic rings. The van der Waals surface area contributed by atoms with Gasteiger partial charge < -0.3 is 5.21 Å². The fraction of sp³-hybridized carbons (Fsp3) is 0.133. The van der Waals surface area contributed by atoms with E-state index >= 15 is 0 Å². The van der Waals surface area contributed by atoms with Crippen LogP contribution in [-0.4, -0.2) is 11.0 Å². The second-order valence-corrected chi connectivity index (χ2v) is 4.10. The highest BCUT2D eigenvalue weighted by molar-refractivity contribution is 5.81.